The Kier molecular flexibility index (Phi) is 6.79. The van der Waals surface area contributed by atoms with Gasteiger partial charge in [-0.1, -0.05) is 0 Å². The summed E-state index contributed by atoms with van der Waals surface area (Å²) in [6, 6.07) is 14.1. The molecule has 2 aromatic heterocycles. The lowest BCUT2D eigenvalue weighted by Crippen LogP contribution is -2.32. The highest BCUT2D eigenvalue weighted by Gasteiger charge is 2.20. The number of anilines is 2. The van der Waals surface area contributed by atoms with E-state index >= 15 is 0 Å². The average Bonchev–Trinajstić information content (AvgIpc) is 3.28. The lowest BCUT2D eigenvalue weighted by atomic mass is 10.1. The number of aryl methyl sites for hydroxylation is 1. The Morgan fingerprint density at radius 3 is 2.36 bits per heavy atom. The molecule has 0 fully saturated rings. The van der Waals surface area contributed by atoms with Gasteiger partial charge in [0.05, 0.1) is 49.8 Å². The van der Waals surface area contributed by atoms with E-state index < -0.39 is 0 Å². The maximum atomic E-state index is 5.76. The van der Waals surface area contributed by atoms with Crippen molar-refractivity contribution in [3.05, 3.63) is 61.1 Å². The molecule has 4 rings (SSSR count). The molecule has 0 spiro atoms. The number of aromatic nitrogens is 3. The average molecular weight is 447 g/mol. The first-order valence-corrected chi connectivity index (χ1v) is 11.0. The van der Waals surface area contributed by atoms with Crippen molar-refractivity contribution in [1.82, 2.24) is 14.5 Å². The maximum Gasteiger partial charge on any atom is 0.124 e. The molecular formula is C26H30N4O3. The first-order chi connectivity index (χ1) is 16.0. The second-order valence-electron chi connectivity index (χ2n) is 7.94. The van der Waals surface area contributed by atoms with Gasteiger partial charge in [-0.2, -0.15) is 0 Å². The number of rotatable bonds is 9. The monoisotopic (exact) mass is 446 g/mol. The van der Waals surface area contributed by atoms with Gasteiger partial charge in [-0.3, -0.25) is 4.98 Å². The summed E-state index contributed by atoms with van der Waals surface area (Å²) < 4.78 is 18.8. The van der Waals surface area contributed by atoms with E-state index in [0.29, 0.717) is 13.2 Å². The van der Waals surface area contributed by atoms with E-state index in [1.54, 1.807) is 14.2 Å². The molecule has 0 bridgehead atoms. The van der Waals surface area contributed by atoms with Crippen LogP contribution in [0.1, 0.15) is 13.8 Å². The second-order valence-corrected chi connectivity index (χ2v) is 7.94. The van der Waals surface area contributed by atoms with Crippen LogP contribution in [-0.2, 0) is 11.8 Å². The number of hydrogen-bond acceptors (Lipinski definition) is 6. The van der Waals surface area contributed by atoms with Crippen LogP contribution in [0.3, 0.4) is 0 Å². The van der Waals surface area contributed by atoms with Crippen LogP contribution >= 0.6 is 0 Å². The van der Waals surface area contributed by atoms with Gasteiger partial charge in [0.25, 0.3) is 0 Å². The molecule has 0 saturated carbocycles. The minimum Gasteiger partial charge on any atom is -0.497 e. The van der Waals surface area contributed by atoms with E-state index in [-0.39, 0.29) is 6.04 Å². The van der Waals surface area contributed by atoms with Crippen molar-refractivity contribution in [2.75, 3.05) is 32.3 Å². The van der Waals surface area contributed by atoms with Crippen LogP contribution < -0.4 is 14.4 Å². The maximum absolute atomic E-state index is 5.76. The minimum absolute atomic E-state index is 0.0597. The first-order valence-electron chi connectivity index (χ1n) is 11.0. The molecule has 0 aliphatic rings. The molecule has 172 valence electrons. The van der Waals surface area contributed by atoms with E-state index in [1.165, 1.54) is 0 Å². The molecule has 0 aliphatic carbocycles. The number of hydrogen-bond donors (Lipinski definition) is 0. The summed E-state index contributed by atoms with van der Waals surface area (Å²) in [5, 5.41) is 0. The van der Waals surface area contributed by atoms with Crippen molar-refractivity contribution in [2.45, 2.75) is 19.9 Å². The predicted molar refractivity (Wildman–Crippen MR) is 132 cm³/mol. The second kappa shape index (κ2) is 9.92. The molecule has 2 aromatic carbocycles. The van der Waals surface area contributed by atoms with Crippen molar-refractivity contribution in [1.29, 1.82) is 0 Å². The molecule has 0 N–H and O–H groups in total. The molecule has 2 heterocycles. The summed E-state index contributed by atoms with van der Waals surface area (Å²) in [5.41, 5.74) is 5.50. The molecular weight excluding hydrogens is 416 g/mol. The molecule has 1 unspecified atom stereocenters. The van der Waals surface area contributed by atoms with E-state index in [9.17, 15) is 0 Å². The Morgan fingerprint density at radius 2 is 1.73 bits per heavy atom. The molecule has 0 aliphatic heterocycles. The van der Waals surface area contributed by atoms with Gasteiger partial charge in [-0.25, -0.2) is 4.98 Å². The fourth-order valence-corrected chi connectivity index (χ4v) is 3.90. The quantitative estimate of drug-likeness (QED) is 0.351. The molecule has 4 aromatic rings. The van der Waals surface area contributed by atoms with Gasteiger partial charge in [-0.15, -0.1) is 0 Å². The third-order valence-corrected chi connectivity index (χ3v) is 5.55. The molecule has 0 saturated heterocycles. The lowest BCUT2D eigenvalue weighted by Gasteiger charge is -2.32. The van der Waals surface area contributed by atoms with Gasteiger partial charge in [0.1, 0.15) is 11.5 Å². The van der Waals surface area contributed by atoms with Gasteiger partial charge in [0.15, 0.2) is 0 Å². The molecule has 33 heavy (non-hydrogen) atoms. The zero-order valence-electron chi connectivity index (χ0n) is 19.8. The van der Waals surface area contributed by atoms with Crippen molar-refractivity contribution < 1.29 is 14.2 Å². The molecule has 7 heteroatoms. The summed E-state index contributed by atoms with van der Waals surface area (Å²) in [6.45, 7) is 5.37. The van der Waals surface area contributed by atoms with Gasteiger partial charge < -0.3 is 23.7 Å². The van der Waals surface area contributed by atoms with E-state index in [0.717, 1.165) is 45.2 Å². The number of methoxy groups -OCH3 is 2. The Morgan fingerprint density at radius 1 is 0.970 bits per heavy atom. The van der Waals surface area contributed by atoms with E-state index in [4.69, 9.17) is 19.2 Å². The highest BCUT2D eigenvalue weighted by atomic mass is 16.5. The summed E-state index contributed by atoms with van der Waals surface area (Å²) in [7, 11) is 5.31. The Labute approximate surface area is 194 Å². The standard InChI is InChI=1S/C26H30N4O3/c1-6-33-17-18(2)30(21-11-22(31-4)14-23(12-21)32-5)20-7-8-24-25(13-20)28-26(15-27-24)19-9-10-29(3)16-19/h7-16,18H,6,17H2,1-5H3. The topological polar surface area (TPSA) is 61.6 Å². The van der Waals surface area contributed by atoms with Crippen LogP contribution in [0.4, 0.5) is 11.4 Å². The Hall–Kier alpha value is -3.58. The van der Waals surface area contributed by atoms with Gasteiger partial charge in [0, 0.05) is 61.2 Å². The van der Waals surface area contributed by atoms with Crippen molar-refractivity contribution in [3.63, 3.8) is 0 Å². The van der Waals surface area contributed by atoms with Gasteiger partial charge >= 0.3 is 0 Å². The lowest BCUT2D eigenvalue weighted by molar-refractivity contribution is 0.137. The summed E-state index contributed by atoms with van der Waals surface area (Å²) in [5.74, 6) is 1.45. The predicted octanol–water partition coefficient (Wildman–Crippen LogP) is 5.22. The van der Waals surface area contributed by atoms with Crippen LogP contribution in [-0.4, -0.2) is 48.0 Å². The smallest absolute Gasteiger partial charge is 0.124 e. The fraction of sp³-hybridized carbons (Fsp3) is 0.308. The zero-order chi connectivity index (χ0) is 23.4. The van der Waals surface area contributed by atoms with Crippen LogP contribution in [0.25, 0.3) is 22.3 Å². The Balaban J connectivity index is 1.81. The third-order valence-electron chi connectivity index (χ3n) is 5.55. The summed E-state index contributed by atoms with van der Waals surface area (Å²) in [6.07, 6.45) is 5.86. The van der Waals surface area contributed by atoms with Crippen LogP contribution in [0.2, 0.25) is 0 Å². The summed E-state index contributed by atoms with van der Waals surface area (Å²) in [4.78, 5) is 11.8. The SMILES string of the molecule is CCOCC(C)N(c1cc(OC)cc(OC)c1)c1ccc2ncc(-c3ccn(C)c3)nc2c1. The molecule has 7 nitrogen and oxygen atoms in total. The zero-order valence-corrected chi connectivity index (χ0v) is 19.8. The first kappa shape index (κ1) is 22.6. The largest absolute Gasteiger partial charge is 0.497 e. The van der Waals surface area contributed by atoms with Crippen molar-refractivity contribution in [2.24, 2.45) is 7.05 Å². The van der Waals surface area contributed by atoms with Crippen LogP contribution in [0.5, 0.6) is 11.5 Å². The number of ether oxygens (including phenoxy) is 3. The highest BCUT2D eigenvalue weighted by molar-refractivity contribution is 5.83. The number of benzene rings is 2. The number of fused-ring (bicyclic) bond motifs is 1. The highest BCUT2D eigenvalue weighted by Crippen LogP contribution is 2.35. The molecule has 0 amide bonds. The fourth-order valence-electron chi connectivity index (χ4n) is 3.90. The normalized spacial score (nSPS) is 12.0. The van der Waals surface area contributed by atoms with Gasteiger partial charge in [-0.05, 0) is 38.1 Å². The van der Waals surface area contributed by atoms with Gasteiger partial charge in [0.2, 0.25) is 0 Å². The van der Waals surface area contributed by atoms with E-state index in [2.05, 4.69) is 28.9 Å². The van der Waals surface area contributed by atoms with Crippen molar-refractivity contribution >= 4 is 22.4 Å². The van der Waals surface area contributed by atoms with Crippen molar-refractivity contribution in [3.8, 4) is 22.8 Å². The molecule has 1 atom stereocenters. The number of nitrogens with zero attached hydrogens (tertiary/aromatic N) is 4. The van der Waals surface area contributed by atoms with Crippen LogP contribution in [0.15, 0.2) is 61.1 Å². The third kappa shape index (κ3) is 4.93. The van der Waals surface area contributed by atoms with Crippen LogP contribution in [0, 0.1) is 0 Å². The summed E-state index contributed by atoms with van der Waals surface area (Å²) >= 11 is 0. The van der Waals surface area contributed by atoms with E-state index in [1.807, 2.05) is 67.5 Å². The molecule has 0 radical (unpaired) electrons. The Bertz CT molecular complexity index is 1220. The minimum atomic E-state index is 0.0597.